The van der Waals surface area contributed by atoms with Crippen LogP contribution in [0.1, 0.15) is 17.2 Å². The molecule has 1 aromatic heterocycles. The number of anilines is 1. The maximum Gasteiger partial charge on any atom is 0.419 e. The quantitative estimate of drug-likeness (QED) is 0.628. The van der Waals surface area contributed by atoms with Gasteiger partial charge < -0.3 is 21.3 Å². The Balaban J connectivity index is 3.05. The van der Waals surface area contributed by atoms with E-state index < -0.39 is 29.8 Å². The summed E-state index contributed by atoms with van der Waals surface area (Å²) in [4.78, 5) is 3.38. The highest BCUT2D eigenvalue weighted by Gasteiger charge is 2.34. The van der Waals surface area contributed by atoms with E-state index in [-0.39, 0.29) is 12.1 Å². The summed E-state index contributed by atoms with van der Waals surface area (Å²) in [6, 6.07) is 0.686. The molecular weight excluding hydrogens is 251 g/mol. The maximum absolute atomic E-state index is 12.6. The standard InChI is InChI=1S/C10H14F3N3O2/c1-15-4-7(17)8(18)5-2-6(10(11,12)13)9(14)16-3-5/h2-3,7-8,15,17-18H,4H2,1H3,(H2,14,16). The number of alkyl halides is 3. The van der Waals surface area contributed by atoms with Crippen LogP contribution in [0.2, 0.25) is 0 Å². The molecule has 0 aliphatic carbocycles. The zero-order valence-corrected chi connectivity index (χ0v) is 9.57. The molecule has 2 unspecified atom stereocenters. The molecule has 0 radical (unpaired) electrons. The summed E-state index contributed by atoms with van der Waals surface area (Å²) < 4.78 is 37.7. The van der Waals surface area contributed by atoms with E-state index in [9.17, 15) is 23.4 Å². The van der Waals surface area contributed by atoms with Crippen molar-refractivity contribution in [2.75, 3.05) is 19.3 Å². The highest BCUT2D eigenvalue weighted by molar-refractivity contribution is 5.43. The molecule has 0 aliphatic rings. The normalized spacial score (nSPS) is 15.4. The Morgan fingerprint density at radius 3 is 2.56 bits per heavy atom. The molecule has 0 amide bonds. The first-order chi connectivity index (χ1) is 8.27. The fourth-order valence-electron chi connectivity index (χ4n) is 1.42. The van der Waals surface area contributed by atoms with E-state index in [4.69, 9.17) is 5.73 Å². The second kappa shape index (κ2) is 5.51. The number of rotatable bonds is 4. The van der Waals surface area contributed by atoms with Gasteiger partial charge in [0, 0.05) is 18.3 Å². The molecule has 0 spiro atoms. The number of nitrogens with two attached hydrogens (primary N) is 1. The van der Waals surface area contributed by atoms with Gasteiger partial charge in [-0.2, -0.15) is 13.2 Å². The maximum atomic E-state index is 12.6. The lowest BCUT2D eigenvalue weighted by Crippen LogP contribution is -2.30. The van der Waals surface area contributed by atoms with Crippen LogP contribution in [0.4, 0.5) is 19.0 Å². The minimum atomic E-state index is -4.65. The fourth-order valence-corrected chi connectivity index (χ4v) is 1.42. The second-order valence-electron chi connectivity index (χ2n) is 3.77. The van der Waals surface area contributed by atoms with E-state index in [2.05, 4.69) is 10.3 Å². The van der Waals surface area contributed by atoms with Gasteiger partial charge in [0.25, 0.3) is 0 Å². The number of nitrogen functional groups attached to an aromatic ring is 1. The van der Waals surface area contributed by atoms with Crippen molar-refractivity contribution in [3.8, 4) is 0 Å². The predicted molar refractivity (Wildman–Crippen MR) is 58.5 cm³/mol. The first-order valence-electron chi connectivity index (χ1n) is 5.10. The Kier molecular flexibility index (Phi) is 4.49. The summed E-state index contributed by atoms with van der Waals surface area (Å²) >= 11 is 0. The van der Waals surface area contributed by atoms with Gasteiger partial charge in [0.2, 0.25) is 0 Å². The lowest BCUT2D eigenvalue weighted by molar-refractivity contribution is -0.137. The van der Waals surface area contributed by atoms with Crippen LogP contribution >= 0.6 is 0 Å². The van der Waals surface area contributed by atoms with Crippen LogP contribution in [0.5, 0.6) is 0 Å². The van der Waals surface area contributed by atoms with Gasteiger partial charge in [0.1, 0.15) is 11.9 Å². The zero-order valence-electron chi connectivity index (χ0n) is 9.57. The topological polar surface area (TPSA) is 91.4 Å². The number of pyridine rings is 1. The number of nitrogens with one attached hydrogen (secondary N) is 1. The van der Waals surface area contributed by atoms with Crippen molar-refractivity contribution >= 4 is 5.82 Å². The third-order valence-corrected chi connectivity index (χ3v) is 2.36. The lowest BCUT2D eigenvalue weighted by atomic mass is 10.0. The van der Waals surface area contributed by atoms with Crippen molar-refractivity contribution in [1.82, 2.24) is 10.3 Å². The summed E-state index contributed by atoms with van der Waals surface area (Å²) in [6.45, 7) is 0.0346. The van der Waals surface area contributed by atoms with Gasteiger partial charge >= 0.3 is 6.18 Å². The van der Waals surface area contributed by atoms with E-state index in [0.29, 0.717) is 6.07 Å². The minimum absolute atomic E-state index is 0.0346. The molecule has 0 saturated carbocycles. The summed E-state index contributed by atoms with van der Waals surface area (Å²) in [6.07, 6.45) is -6.34. The lowest BCUT2D eigenvalue weighted by Gasteiger charge is -2.19. The molecule has 0 saturated heterocycles. The van der Waals surface area contributed by atoms with Crippen LogP contribution < -0.4 is 11.1 Å². The number of hydrogen-bond acceptors (Lipinski definition) is 5. The Bertz CT molecular complexity index is 412. The number of likely N-dealkylation sites (N-methyl/N-ethyl adjacent to an activating group) is 1. The molecule has 2 atom stereocenters. The van der Waals surface area contributed by atoms with E-state index in [1.165, 1.54) is 7.05 Å². The van der Waals surface area contributed by atoms with Crippen molar-refractivity contribution in [1.29, 1.82) is 0 Å². The SMILES string of the molecule is CNCC(O)C(O)c1cnc(N)c(C(F)(F)F)c1. The number of halogens is 3. The van der Waals surface area contributed by atoms with Gasteiger partial charge in [-0.3, -0.25) is 0 Å². The zero-order chi connectivity index (χ0) is 13.9. The van der Waals surface area contributed by atoms with Crippen molar-refractivity contribution in [2.45, 2.75) is 18.4 Å². The second-order valence-corrected chi connectivity index (χ2v) is 3.77. The first kappa shape index (κ1) is 14.7. The molecule has 0 bridgehead atoms. The molecule has 0 aromatic carbocycles. The summed E-state index contributed by atoms with van der Waals surface area (Å²) in [5.74, 6) is -0.665. The van der Waals surface area contributed by atoms with Crippen LogP contribution in [0, 0.1) is 0 Å². The summed E-state index contributed by atoms with van der Waals surface area (Å²) in [5, 5.41) is 21.7. The molecule has 1 rings (SSSR count). The molecule has 0 aliphatic heterocycles. The molecule has 0 fully saturated rings. The monoisotopic (exact) mass is 265 g/mol. The molecule has 8 heteroatoms. The van der Waals surface area contributed by atoms with E-state index in [1.807, 2.05) is 0 Å². The minimum Gasteiger partial charge on any atom is -0.389 e. The third kappa shape index (κ3) is 3.31. The van der Waals surface area contributed by atoms with Crippen molar-refractivity contribution in [3.05, 3.63) is 23.4 Å². The van der Waals surface area contributed by atoms with Crippen molar-refractivity contribution < 1.29 is 23.4 Å². The molecule has 5 N–H and O–H groups in total. The van der Waals surface area contributed by atoms with Crippen LogP contribution in [-0.2, 0) is 6.18 Å². The largest absolute Gasteiger partial charge is 0.419 e. The highest BCUT2D eigenvalue weighted by atomic mass is 19.4. The summed E-state index contributed by atoms with van der Waals surface area (Å²) in [7, 11) is 1.54. The number of aromatic nitrogens is 1. The highest BCUT2D eigenvalue weighted by Crippen LogP contribution is 2.34. The van der Waals surface area contributed by atoms with E-state index >= 15 is 0 Å². The molecule has 102 valence electrons. The Morgan fingerprint density at radius 1 is 1.44 bits per heavy atom. The van der Waals surface area contributed by atoms with Gasteiger partial charge in [0.15, 0.2) is 0 Å². The number of nitrogens with zero attached hydrogens (tertiary/aromatic N) is 1. The number of hydrogen-bond donors (Lipinski definition) is 4. The number of aliphatic hydroxyl groups excluding tert-OH is 2. The average Bonchev–Trinajstić information content (AvgIpc) is 2.27. The fraction of sp³-hybridized carbons (Fsp3) is 0.500. The molecule has 1 aromatic rings. The van der Waals surface area contributed by atoms with Crippen molar-refractivity contribution in [3.63, 3.8) is 0 Å². The summed E-state index contributed by atoms with van der Waals surface area (Å²) in [5.41, 5.74) is 3.85. The van der Waals surface area contributed by atoms with Gasteiger partial charge in [-0.15, -0.1) is 0 Å². The molecule has 1 heterocycles. The van der Waals surface area contributed by atoms with Gasteiger partial charge in [0.05, 0.1) is 11.7 Å². The van der Waals surface area contributed by atoms with E-state index in [0.717, 1.165) is 6.20 Å². The van der Waals surface area contributed by atoms with E-state index in [1.54, 1.807) is 0 Å². The average molecular weight is 265 g/mol. The molecular formula is C10H14F3N3O2. The van der Waals surface area contributed by atoms with Gasteiger partial charge in [-0.05, 0) is 13.1 Å². The molecule has 18 heavy (non-hydrogen) atoms. The Morgan fingerprint density at radius 2 is 2.06 bits per heavy atom. The Hall–Kier alpha value is -1.38. The van der Waals surface area contributed by atoms with Crippen molar-refractivity contribution in [2.24, 2.45) is 0 Å². The van der Waals surface area contributed by atoms with Crippen LogP contribution in [0.25, 0.3) is 0 Å². The molecule has 5 nitrogen and oxygen atoms in total. The van der Waals surface area contributed by atoms with Crippen LogP contribution in [0.3, 0.4) is 0 Å². The van der Waals surface area contributed by atoms with Crippen LogP contribution in [-0.4, -0.2) is 34.9 Å². The van der Waals surface area contributed by atoms with Crippen LogP contribution in [0.15, 0.2) is 12.3 Å². The number of aliphatic hydroxyl groups is 2. The predicted octanol–water partition coefficient (Wildman–Crippen LogP) is 0.296. The van der Waals surface area contributed by atoms with Gasteiger partial charge in [-0.25, -0.2) is 4.98 Å². The first-order valence-corrected chi connectivity index (χ1v) is 5.10. The third-order valence-electron chi connectivity index (χ3n) is 2.36. The van der Waals surface area contributed by atoms with Gasteiger partial charge in [-0.1, -0.05) is 0 Å². The smallest absolute Gasteiger partial charge is 0.389 e. The Labute approximate surface area is 101 Å².